The lowest BCUT2D eigenvalue weighted by molar-refractivity contribution is -0.121. The molecule has 9 nitrogen and oxygen atoms in total. The van der Waals surface area contributed by atoms with Gasteiger partial charge in [-0.3, -0.25) is 4.79 Å². The predicted molar refractivity (Wildman–Crippen MR) is 133 cm³/mol. The number of carbonyl (C=O) groups is 1. The van der Waals surface area contributed by atoms with Gasteiger partial charge in [0.1, 0.15) is 30.0 Å². The molecular formula is C26H29N5O4. The summed E-state index contributed by atoms with van der Waals surface area (Å²) in [6.07, 6.45) is 3.15. The minimum Gasteiger partial charge on any atom is -0.497 e. The topological polar surface area (TPSA) is 112 Å². The fourth-order valence-electron chi connectivity index (χ4n) is 4.49. The van der Waals surface area contributed by atoms with Gasteiger partial charge in [0.25, 0.3) is 0 Å². The summed E-state index contributed by atoms with van der Waals surface area (Å²) in [5.74, 6) is 1.89. The number of rotatable bonds is 6. The first-order valence-corrected chi connectivity index (χ1v) is 11.7. The fraction of sp³-hybridized carbons (Fsp3) is 0.346. The van der Waals surface area contributed by atoms with E-state index in [-0.39, 0.29) is 23.9 Å². The maximum atomic E-state index is 13.2. The number of hydrogen-bond donors (Lipinski definition) is 2. The minimum atomic E-state index is -0.332. The molecule has 1 amide bonds. The normalized spacial score (nSPS) is 19.5. The van der Waals surface area contributed by atoms with E-state index >= 15 is 0 Å². The molecule has 9 heteroatoms. The number of anilines is 2. The zero-order valence-electron chi connectivity index (χ0n) is 19.9. The lowest BCUT2D eigenvalue weighted by Gasteiger charge is -2.25. The maximum Gasteiger partial charge on any atom is 0.231 e. The average molecular weight is 476 g/mol. The standard InChI is InChI=1S/C26H29N5O4/c1-31-10-8-20(14-31)35-24-13-16(21-7-9-28-26(27)30-21)3-5-22(24)29-25(32)18-11-17-12-19(33-2)4-6-23(17)34-15-18/h3-7,9,12-13,18,20H,8,10-11,14-15H2,1-2H3,(H,29,32)(H2,27,28,30)/t18-,20-/m0/s1. The van der Waals surface area contributed by atoms with Crippen LogP contribution in [0.1, 0.15) is 12.0 Å². The summed E-state index contributed by atoms with van der Waals surface area (Å²) in [6.45, 7) is 2.11. The number of nitrogens with two attached hydrogens (primary N) is 1. The van der Waals surface area contributed by atoms with Crippen molar-refractivity contribution in [3.05, 3.63) is 54.2 Å². The highest BCUT2D eigenvalue weighted by atomic mass is 16.5. The van der Waals surface area contributed by atoms with Crippen LogP contribution in [0.15, 0.2) is 48.7 Å². The molecule has 2 aliphatic rings. The van der Waals surface area contributed by atoms with Crippen LogP contribution in [0.2, 0.25) is 0 Å². The number of likely N-dealkylation sites (tertiary alicyclic amines) is 1. The number of fused-ring (bicyclic) bond motifs is 1. The molecule has 5 rings (SSSR count). The molecule has 182 valence electrons. The summed E-state index contributed by atoms with van der Waals surface area (Å²) in [5.41, 5.74) is 8.87. The second-order valence-corrected chi connectivity index (χ2v) is 8.98. The van der Waals surface area contributed by atoms with E-state index in [1.165, 1.54) is 0 Å². The Hall–Kier alpha value is -3.85. The number of nitrogens with one attached hydrogen (secondary N) is 1. The number of carbonyl (C=O) groups excluding carboxylic acids is 1. The van der Waals surface area contributed by atoms with Gasteiger partial charge in [0, 0.05) is 24.8 Å². The number of amides is 1. The first kappa shape index (κ1) is 22.9. The van der Waals surface area contributed by atoms with Gasteiger partial charge in [-0.25, -0.2) is 9.97 Å². The molecule has 2 aliphatic heterocycles. The number of nitrogens with zero attached hydrogens (tertiary/aromatic N) is 3. The van der Waals surface area contributed by atoms with Crippen LogP contribution in [0.3, 0.4) is 0 Å². The van der Waals surface area contributed by atoms with E-state index < -0.39 is 0 Å². The van der Waals surface area contributed by atoms with E-state index in [2.05, 4.69) is 27.2 Å². The molecule has 1 saturated heterocycles. The van der Waals surface area contributed by atoms with Gasteiger partial charge in [0.05, 0.1) is 24.4 Å². The van der Waals surface area contributed by atoms with Crippen molar-refractivity contribution >= 4 is 17.5 Å². The Morgan fingerprint density at radius 1 is 1.23 bits per heavy atom. The molecule has 3 N–H and O–H groups in total. The van der Waals surface area contributed by atoms with Gasteiger partial charge in [-0.2, -0.15) is 0 Å². The number of methoxy groups -OCH3 is 1. The number of aromatic nitrogens is 2. The van der Waals surface area contributed by atoms with Crippen molar-refractivity contribution in [1.29, 1.82) is 0 Å². The zero-order valence-corrected chi connectivity index (χ0v) is 19.9. The number of ether oxygens (including phenoxy) is 3. The van der Waals surface area contributed by atoms with Crippen LogP contribution in [-0.2, 0) is 11.2 Å². The quantitative estimate of drug-likeness (QED) is 0.560. The van der Waals surface area contributed by atoms with Crippen LogP contribution in [-0.4, -0.2) is 60.7 Å². The first-order chi connectivity index (χ1) is 17.0. The van der Waals surface area contributed by atoms with Crippen LogP contribution in [0.4, 0.5) is 11.6 Å². The van der Waals surface area contributed by atoms with Gasteiger partial charge in [-0.15, -0.1) is 0 Å². The summed E-state index contributed by atoms with van der Waals surface area (Å²) >= 11 is 0. The fourth-order valence-corrected chi connectivity index (χ4v) is 4.49. The molecule has 3 aromatic rings. The van der Waals surface area contributed by atoms with E-state index in [0.717, 1.165) is 42.1 Å². The number of benzene rings is 2. The van der Waals surface area contributed by atoms with Gasteiger partial charge in [-0.05, 0) is 61.9 Å². The molecule has 35 heavy (non-hydrogen) atoms. The van der Waals surface area contributed by atoms with E-state index in [0.29, 0.717) is 30.2 Å². The molecule has 0 saturated carbocycles. The van der Waals surface area contributed by atoms with E-state index in [1.54, 1.807) is 19.4 Å². The maximum absolute atomic E-state index is 13.2. The molecule has 3 heterocycles. The second kappa shape index (κ2) is 9.79. The number of hydrogen-bond acceptors (Lipinski definition) is 8. The Morgan fingerprint density at radius 2 is 2.11 bits per heavy atom. The SMILES string of the molecule is COc1ccc2c(c1)C[C@H](C(=O)Nc1ccc(-c3ccnc(N)n3)cc1O[C@H]1CCN(C)C1)CO2. The smallest absolute Gasteiger partial charge is 0.231 e. The third-order valence-corrected chi connectivity index (χ3v) is 6.40. The molecule has 0 bridgehead atoms. The van der Waals surface area contributed by atoms with E-state index in [9.17, 15) is 4.79 Å². The Labute approximate surface area is 204 Å². The molecule has 2 aromatic carbocycles. The van der Waals surface area contributed by atoms with Crippen molar-refractivity contribution in [2.24, 2.45) is 5.92 Å². The zero-order chi connectivity index (χ0) is 24.4. The average Bonchev–Trinajstić information content (AvgIpc) is 3.28. The van der Waals surface area contributed by atoms with Crippen LogP contribution < -0.4 is 25.3 Å². The summed E-state index contributed by atoms with van der Waals surface area (Å²) < 4.78 is 17.5. The highest BCUT2D eigenvalue weighted by Gasteiger charge is 2.28. The number of nitrogen functional groups attached to an aromatic ring is 1. The van der Waals surface area contributed by atoms with Crippen LogP contribution in [0.25, 0.3) is 11.3 Å². The Balaban J connectivity index is 1.38. The van der Waals surface area contributed by atoms with Crippen molar-refractivity contribution < 1.29 is 19.0 Å². The van der Waals surface area contributed by atoms with Crippen molar-refractivity contribution in [3.8, 4) is 28.5 Å². The van der Waals surface area contributed by atoms with Gasteiger partial charge < -0.3 is 30.2 Å². The molecular weight excluding hydrogens is 446 g/mol. The Bertz CT molecular complexity index is 1230. The van der Waals surface area contributed by atoms with Crippen molar-refractivity contribution in [1.82, 2.24) is 14.9 Å². The van der Waals surface area contributed by atoms with Gasteiger partial charge in [-0.1, -0.05) is 6.07 Å². The van der Waals surface area contributed by atoms with Crippen molar-refractivity contribution in [2.75, 3.05) is 44.9 Å². The lowest BCUT2D eigenvalue weighted by atomic mass is 9.95. The molecule has 1 aromatic heterocycles. The molecule has 0 unspecified atom stereocenters. The molecule has 0 aliphatic carbocycles. The molecule has 1 fully saturated rings. The molecule has 2 atom stereocenters. The minimum absolute atomic E-state index is 0.0405. The van der Waals surface area contributed by atoms with Crippen LogP contribution >= 0.6 is 0 Å². The lowest BCUT2D eigenvalue weighted by Crippen LogP contribution is -2.33. The van der Waals surface area contributed by atoms with Crippen LogP contribution in [0, 0.1) is 5.92 Å². The second-order valence-electron chi connectivity index (χ2n) is 8.98. The van der Waals surface area contributed by atoms with E-state index in [1.807, 2.05) is 36.4 Å². The largest absolute Gasteiger partial charge is 0.497 e. The highest BCUT2D eigenvalue weighted by molar-refractivity contribution is 5.95. The van der Waals surface area contributed by atoms with Gasteiger partial charge >= 0.3 is 0 Å². The summed E-state index contributed by atoms with van der Waals surface area (Å²) in [7, 11) is 3.70. The van der Waals surface area contributed by atoms with Crippen LogP contribution in [0.5, 0.6) is 17.2 Å². The monoisotopic (exact) mass is 475 g/mol. The third kappa shape index (κ3) is 5.14. The first-order valence-electron chi connectivity index (χ1n) is 11.7. The van der Waals surface area contributed by atoms with Gasteiger partial charge in [0.2, 0.25) is 11.9 Å². The Morgan fingerprint density at radius 3 is 2.89 bits per heavy atom. The van der Waals surface area contributed by atoms with E-state index in [4.69, 9.17) is 19.9 Å². The molecule has 0 radical (unpaired) electrons. The predicted octanol–water partition coefficient (Wildman–Crippen LogP) is 3.01. The highest BCUT2D eigenvalue weighted by Crippen LogP contribution is 2.34. The Kier molecular flexibility index (Phi) is 6.41. The van der Waals surface area contributed by atoms with Crippen molar-refractivity contribution in [2.45, 2.75) is 18.9 Å². The van der Waals surface area contributed by atoms with Gasteiger partial charge in [0.15, 0.2) is 0 Å². The summed E-state index contributed by atoms with van der Waals surface area (Å²) in [5, 5.41) is 3.07. The molecule has 0 spiro atoms. The number of likely N-dealkylation sites (N-methyl/N-ethyl adjacent to an activating group) is 1. The summed E-state index contributed by atoms with van der Waals surface area (Å²) in [4.78, 5) is 23.8. The summed E-state index contributed by atoms with van der Waals surface area (Å²) in [6, 6.07) is 13.1. The third-order valence-electron chi connectivity index (χ3n) is 6.40. The van der Waals surface area contributed by atoms with Crippen molar-refractivity contribution in [3.63, 3.8) is 0 Å².